The lowest BCUT2D eigenvalue weighted by atomic mass is 10.1. The van der Waals surface area contributed by atoms with Crippen LogP contribution in [0, 0.1) is 0 Å². The molecular formula is C11H13NO5S. The highest BCUT2D eigenvalue weighted by molar-refractivity contribution is 7.84. The second-order valence-corrected chi connectivity index (χ2v) is 4.84. The number of carbonyl (C=O) groups is 2. The number of anilines is 1. The van der Waals surface area contributed by atoms with Crippen LogP contribution in [0.4, 0.5) is 5.69 Å². The number of carbonyl (C=O) groups excluding carboxylic acids is 1. The first-order valence-electron chi connectivity index (χ1n) is 4.93. The lowest BCUT2D eigenvalue weighted by molar-refractivity contribution is -0.114. The summed E-state index contributed by atoms with van der Waals surface area (Å²) in [6.45, 7) is 1.31. The molecular weight excluding hydrogens is 258 g/mol. The zero-order valence-corrected chi connectivity index (χ0v) is 11.0. The maximum absolute atomic E-state index is 11.5. The van der Waals surface area contributed by atoms with E-state index < -0.39 is 16.8 Å². The third kappa shape index (κ3) is 3.07. The Balaban J connectivity index is 3.46. The number of carboxylic acids is 1. The summed E-state index contributed by atoms with van der Waals surface area (Å²) < 4.78 is 16.5. The van der Waals surface area contributed by atoms with Crippen LogP contribution < -0.4 is 10.1 Å². The number of rotatable bonds is 4. The molecule has 0 heterocycles. The van der Waals surface area contributed by atoms with Crippen molar-refractivity contribution in [1.82, 2.24) is 0 Å². The van der Waals surface area contributed by atoms with Gasteiger partial charge >= 0.3 is 5.97 Å². The Hall–Kier alpha value is -1.89. The number of amides is 1. The molecule has 6 nitrogen and oxygen atoms in total. The molecule has 0 saturated carbocycles. The third-order valence-electron chi connectivity index (χ3n) is 2.15. The normalized spacial score (nSPS) is 11.7. The van der Waals surface area contributed by atoms with Crippen LogP contribution in [0.5, 0.6) is 5.75 Å². The Kier molecular flexibility index (Phi) is 4.43. The van der Waals surface area contributed by atoms with Gasteiger partial charge in [-0.05, 0) is 6.07 Å². The smallest absolute Gasteiger partial charge is 0.339 e. The van der Waals surface area contributed by atoms with E-state index in [0.717, 1.165) is 0 Å². The first-order valence-corrected chi connectivity index (χ1v) is 6.49. The molecule has 2 N–H and O–H groups in total. The van der Waals surface area contributed by atoms with Gasteiger partial charge in [-0.2, -0.15) is 0 Å². The molecule has 1 atom stereocenters. The fourth-order valence-corrected chi connectivity index (χ4v) is 2.12. The van der Waals surface area contributed by atoms with E-state index in [2.05, 4.69) is 5.32 Å². The van der Waals surface area contributed by atoms with Crippen molar-refractivity contribution in [2.45, 2.75) is 11.8 Å². The number of nitrogens with one attached hydrogen (secondary N) is 1. The van der Waals surface area contributed by atoms with E-state index in [4.69, 9.17) is 9.84 Å². The van der Waals surface area contributed by atoms with Crippen molar-refractivity contribution >= 4 is 28.4 Å². The topological polar surface area (TPSA) is 92.7 Å². The maximum atomic E-state index is 11.5. The van der Waals surface area contributed by atoms with Crippen molar-refractivity contribution < 1.29 is 23.6 Å². The van der Waals surface area contributed by atoms with E-state index in [9.17, 15) is 13.8 Å². The van der Waals surface area contributed by atoms with Crippen LogP contribution in [0.2, 0.25) is 0 Å². The third-order valence-corrected chi connectivity index (χ3v) is 3.11. The zero-order valence-electron chi connectivity index (χ0n) is 10.1. The molecule has 18 heavy (non-hydrogen) atoms. The first-order chi connectivity index (χ1) is 8.36. The van der Waals surface area contributed by atoms with Crippen LogP contribution in [-0.2, 0) is 15.6 Å². The monoisotopic (exact) mass is 271 g/mol. The van der Waals surface area contributed by atoms with Crippen molar-refractivity contribution in [2.75, 3.05) is 18.7 Å². The Morgan fingerprint density at radius 2 is 2.00 bits per heavy atom. The molecule has 0 saturated heterocycles. The highest BCUT2D eigenvalue weighted by atomic mass is 32.2. The van der Waals surface area contributed by atoms with Gasteiger partial charge in [0.1, 0.15) is 11.3 Å². The predicted molar refractivity (Wildman–Crippen MR) is 66.6 cm³/mol. The zero-order chi connectivity index (χ0) is 13.9. The fraction of sp³-hybridized carbons (Fsp3) is 0.273. The van der Waals surface area contributed by atoms with Gasteiger partial charge in [0.05, 0.1) is 28.5 Å². The van der Waals surface area contributed by atoms with Crippen LogP contribution in [0.15, 0.2) is 17.0 Å². The van der Waals surface area contributed by atoms with E-state index in [0.29, 0.717) is 0 Å². The van der Waals surface area contributed by atoms with Gasteiger partial charge in [-0.1, -0.05) is 0 Å². The molecule has 1 unspecified atom stereocenters. The van der Waals surface area contributed by atoms with E-state index in [1.54, 1.807) is 0 Å². The number of ether oxygens (including phenoxy) is 1. The largest absolute Gasteiger partial charge is 0.496 e. The summed E-state index contributed by atoms with van der Waals surface area (Å²) in [5.41, 5.74) is 0.182. The molecule has 1 aromatic carbocycles. The first kappa shape index (κ1) is 14.2. The molecule has 1 rings (SSSR count). The molecule has 0 aromatic heterocycles. The molecule has 98 valence electrons. The quantitative estimate of drug-likeness (QED) is 0.855. The maximum Gasteiger partial charge on any atom is 0.339 e. The van der Waals surface area contributed by atoms with Gasteiger partial charge in [-0.25, -0.2) is 4.79 Å². The number of aromatic carboxylic acids is 1. The summed E-state index contributed by atoms with van der Waals surface area (Å²) in [4.78, 5) is 22.3. The number of benzene rings is 1. The number of methoxy groups -OCH3 is 1. The summed E-state index contributed by atoms with van der Waals surface area (Å²) in [6, 6.07) is 2.59. The molecule has 0 aliphatic rings. The van der Waals surface area contributed by atoms with Gasteiger partial charge in [0, 0.05) is 19.2 Å². The SMILES string of the molecule is COc1cc(NC(C)=O)c(S(C)=O)cc1C(=O)O. The van der Waals surface area contributed by atoms with Gasteiger partial charge in [-0.3, -0.25) is 9.00 Å². The molecule has 0 aliphatic carbocycles. The Labute approximate surface area is 106 Å². The number of hydrogen-bond donors (Lipinski definition) is 2. The fourth-order valence-electron chi connectivity index (χ4n) is 1.42. The van der Waals surface area contributed by atoms with Crippen molar-refractivity contribution in [3.05, 3.63) is 17.7 Å². The molecule has 0 fully saturated rings. The molecule has 0 bridgehead atoms. The highest BCUT2D eigenvalue weighted by Gasteiger charge is 2.18. The second-order valence-electron chi connectivity index (χ2n) is 3.49. The van der Waals surface area contributed by atoms with Crippen LogP contribution in [0.1, 0.15) is 17.3 Å². The van der Waals surface area contributed by atoms with Crippen LogP contribution in [-0.4, -0.2) is 34.6 Å². The van der Waals surface area contributed by atoms with Crippen LogP contribution >= 0.6 is 0 Å². The molecule has 0 spiro atoms. The minimum absolute atomic E-state index is 0.0976. The van der Waals surface area contributed by atoms with E-state index in [1.807, 2.05) is 0 Å². The van der Waals surface area contributed by atoms with Gasteiger partial charge in [0.2, 0.25) is 5.91 Å². The lowest BCUT2D eigenvalue weighted by Crippen LogP contribution is -2.11. The Morgan fingerprint density at radius 3 is 2.39 bits per heavy atom. The van der Waals surface area contributed by atoms with Gasteiger partial charge in [-0.15, -0.1) is 0 Å². The van der Waals surface area contributed by atoms with Crippen LogP contribution in [0.3, 0.4) is 0 Å². The molecule has 1 amide bonds. The summed E-state index contributed by atoms with van der Waals surface area (Å²) in [6.07, 6.45) is 1.40. The average Bonchev–Trinajstić information content (AvgIpc) is 2.26. The summed E-state index contributed by atoms with van der Waals surface area (Å²) in [5.74, 6) is -1.43. The summed E-state index contributed by atoms with van der Waals surface area (Å²) in [5, 5.41) is 11.5. The number of carboxylic acid groups (broad SMARTS) is 1. The van der Waals surface area contributed by atoms with E-state index in [1.165, 1.54) is 32.4 Å². The van der Waals surface area contributed by atoms with Crippen molar-refractivity contribution in [1.29, 1.82) is 0 Å². The minimum Gasteiger partial charge on any atom is -0.496 e. The van der Waals surface area contributed by atoms with Gasteiger partial charge < -0.3 is 15.2 Å². The number of hydrogen-bond acceptors (Lipinski definition) is 4. The van der Waals surface area contributed by atoms with Crippen molar-refractivity contribution in [3.63, 3.8) is 0 Å². The van der Waals surface area contributed by atoms with E-state index >= 15 is 0 Å². The highest BCUT2D eigenvalue weighted by Crippen LogP contribution is 2.29. The predicted octanol–water partition coefficient (Wildman–Crippen LogP) is 1.09. The standard InChI is InChI=1S/C11H13NO5S/c1-6(13)12-8-5-9(17-2)7(11(14)15)4-10(8)18(3)16/h4-5H,1-3H3,(H,12,13)(H,14,15). The van der Waals surface area contributed by atoms with Gasteiger partial charge in [0.15, 0.2) is 0 Å². The summed E-state index contributed by atoms with van der Waals surface area (Å²) >= 11 is 0. The Bertz CT molecular complexity index is 526. The molecule has 0 aliphatic heterocycles. The molecule has 1 aromatic rings. The Morgan fingerprint density at radius 1 is 1.39 bits per heavy atom. The summed E-state index contributed by atoms with van der Waals surface area (Å²) in [7, 11) is -0.106. The van der Waals surface area contributed by atoms with Crippen LogP contribution in [0.25, 0.3) is 0 Å². The molecule has 0 radical (unpaired) electrons. The lowest BCUT2D eigenvalue weighted by Gasteiger charge is -2.12. The van der Waals surface area contributed by atoms with Crippen molar-refractivity contribution in [2.24, 2.45) is 0 Å². The second kappa shape index (κ2) is 5.63. The molecule has 7 heteroatoms. The average molecular weight is 271 g/mol. The minimum atomic E-state index is -1.43. The van der Waals surface area contributed by atoms with Crippen molar-refractivity contribution in [3.8, 4) is 5.75 Å². The van der Waals surface area contributed by atoms with E-state index in [-0.39, 0.29) is 27.8 Å². The van der Waals surface area contributed by atoms with Gasteiger partial charge in [0.25, 0.3) is 0 Å².